The number of aromatic nitrogens is 2. The molecule has 0 bridgehead atoms. The van der Waals surface area contributed by atoms with E-state index in [0.717, 1.165) is 5.56 Å². The fraction of sp³-hybridized carbons (Fsp3) is 0.375. The molecule has 0 aliphatic carbocycles. The minimum atomic E-state index is -1.35. The molecule has 1 atom stereocenters. The highest BCUT2D eigenvalue weighted by atomic mass is 35.5. The van der Waals surface area contributed by atoms with Crippen LogP contribution in [0.15, 0.2) is 28.7 Å². The van der Waals surface area contributed by atoms with Crippen LogP contribution in [0.1, 0.15) is 49.0 Å². The molecule has 0 aliphatic rings. The summed E-state index contributed by atoms with van der Waals surface area (Å²) in [6, 6.07) is 6.22. The zero-order chi connectivity index (χ0) is 18.6. The summed E-state index contributed by atoms with van der Waals surface area (Å²) in [6.07, 6.45) is -0.390. The maximum Gasteiger partial charge on any atom is 0.408 e. The van der Waals surface area contributed by atoms with Crippen molar-refractivity contribution in [3.63, 3.8) is 0 Å². The Morgan fingerprint density at radius 1 is 1.28 bits per heavy atom. The van der Waals surface area contributed by atoms with Gasteiger partial charge in [-0.1, -0.05) is 23.7 Å². The van der Waals surface area contributed by atoms with E-state index < -0.39 is 29.6 Å². The minimum Gasteiger partial charge on any atom is -0.474 e. The number of alkyl carbamates (subject to hydrolysis) is 1. The van der Waals surface area contributed by atoms with Gasteiger partial charge in [0.15, 0.2) is 0 Å². The first-order valence-corrected chi connectivity index (χ1v) is 7.82. The Balaban J connectivity index is 2.21. The van der Waals surface area contributed by atoms with Crippen LogP contribution in [-0.2, 0) is 11.2 Å². The van der Waals surface area contributed by atoms with Gasteiger partial charge in [-0.15, -0.1) is 10.2 Å². The van der Waals surface area contributed by atoms with E-state index in [1.54, 1.807) is 45.0 Å². The standard InChI is InChI=1S/C16H18ClN3O5/c1-16(2,3)25-15(23)18-11(8-9-4-6-10(17)7-5-9)12-19-20-13(24-12)14(21)22/h4-7,11H,8H2,1-3H3,(H,18,23)(H,21,22). The van der Waals surface area contributed by atoms with Gasteiger partial charge in [0, 0.05) is 11.4 Å². The number of carboxylic acid groups (broad SMARTS) is 1. The Bertz CT molecular complexity index is 752. The molecule has 1 heterocycles. The van der Waals surface area contributed by atoms with Gasteiger partial charge in [-0.2, -0.15) is 0 Å². The second-order valence-corrected chi connectivity index (χ2v) is 6.72. The van der Waals surface area contributed by atoms with Crippen LogP contribution in [0.3, 0.4) is 0 Å². The van der Waals surface area contributed by atoms with E-state index in [2.05, 4.69) is 15.5 Å². The normalized spacial score (nSPS) is 12.5. The monoisotopic (exact) mass is 367 g/mol. The lowest BCUT2D eigenvalue weighted by Gasteiger charge is -2.22. The number of nitrogens with one attached hydrogen (secondary N) is 1. The lowest BCUT2D eigenvalue weighted by atomic mass is 10.1. The molecule has 1 aromatic heterocycles. The molecule has 2 aromatic rings. The molecule has 134 valence electrons. The number of carbonyl (C=O) groups is 2. The van der Waals surface area contributed by atoms with Crippen molar-refractivity contribution in [3.05, 3.63) is 46.6 Å². The van der Waals surface area contributed by atoms with E-state index in [1.807, 2.05) is 0 Å². The second-order valence-electron chi connectivity index (χ2n) is 6.28. The number of halogens is 1. The molecular weight excluding hydrogens is 350 g/mol. The maximum absolute atomic E-state index is 12.1. The summed E-state index contributed by atoms with van der Waals surface area (Å²) >= 11 is 5.86. The zero-order valence-corrected chi connectivity index (χ0v) is 14.7. The minimum absolute atomic E-state index is 0.0294. The average Bonchev–Trinajstić information content (AvgIpc) is 2.97. The number of rotatable bonds is 5. The van der Waals surface area contributed by atoms with Crippen LogP contribution in [0, 0.1) is 0 Å². The summed E-state index contributed by atoms with van der Waals surface area (Å²) in [4.78, 5) is 23.0. The van der Waals surface area contributed by atoms with Crippen LogP contribution in [0.5, 0.6) is 0 Å². The molecule has 0 saturated heterocycles. The Kier molecular flexibility index (Phi) is 5.63. The van der Waals surface area contributed by atoms with Gasteiger partial charge in [0.2, 0.25) is 5.89 Å². The summed E-state index contributed by atoms with van der Waals surface area (Å²) < 4.78 is 10.3. The van der Waals surface area contributed by atoms with Crippen LogP contribution in [0.2, 0.25) is 5.02 Å². The summed E-state index contributed by atoms with van der Waals surface area (Å²) in [6.45, 7) is 5.20. The molecular formula is C16H18ClN3O5. The number of amides is 1. The highest BCUT2D eigenvalue weighted by Gasteiger charge is 2.26. The topological polar surface area (TPSA) is 115 Å². The average molecular weight is 368 g/mol. The van der Waals surface area contributed by atoms with Crippen LogP contribution in [0.25, 0.3) is 0 Å². The first kappa shape index (κ1) is 18.7. The molecule has 2 rings (SSSR count). The van der Waals surface area contributed by atoms with Crippen molar-refractivity contribution >= 4 is 23.7 Å². The van der Waals surface area contributed by atoms with Gasteiger partial charge in [-0.25, -0.2) is 9.59 Å². The van der Waals surface area contributed by atoms with Gasteiger partial charge in [0.25, 0.3) is 0 Å². The third kappa shape index (κ3) is 5.75. The van der Waals surface area contributed by atoms with E-state index in [-0.39, 0.29) is 12.3 Å². The largest absolute Gasteiger partial charge is 0.474 e. The summed E-state index contributed by atoms with van der Waals surface area (Å²) in [5.74, 6) is -1.93. The lowest BCUT2D eigenvalue weighted by Crippen LogP contribution is -2.36. The molecule has 0 aliphatic heterocycles. The number of aromatic carboxylic acids is 1. The van der Waals surface area contributed by atoms with Gasteiger partial charge in [0.05, 0.1) is 0 Å². The predicted octanol–water partition coefficient (Wildman–Crippen LogP) is 3.23. The molecule has 0 fully saturated rings. The highest BCUT2D eigenvalue weighted by Crippen LogP contribution is 2.20. The fourth-order valence-corrected chi connectivity index (χ4v) is 2.09. The van der Waals surface area contributed by atoms with Crippen molar-refractivity contribution in [2.45, 2.75) is 38.8 Å². The number of carbonyl (C=O) groups excluding carboxylic acids is 1. The van der Waals surface area contributed by atoms with Crippen LogP contribution in [0.4, 0.5) is 4.79 Å². The third-order valence-electron chi connectivity index (χ3n) is 2.97. The van der Waals surface area contributed by atoms with E-state index >= 15 is 0 Å². The first-order valence-electron chi connectivity index (χ1n) is 7.45. The van der Waals surface area contributed by atoms with E-state index in [4.69, 9.17) is 25.9 Å². The molecule has 2 N–H and O–H groups in total. The molecule has 1 unspecified atom stereocenters. The van der Waals surface area contributed by atoms with Gasteiger partial charge in [-0.05, 0) is 38.5 Å². The van der Waals surface area contributed by atoms with Crippen molar-refractivity contribution in [3.8, 4) is 0 Å². The predicted molar refractivity (Wildman–Crippen MR) is 88.5 cm³/mol. The molecule has 0 radical (unpaired) electrons. The number of ether oxygens (including phenoxy) is 1. The number of benzene rings is 1. The Hall–Kier alpha value is -2.61. The lowest BCUT2D eigenvalue weighted by molar-refractivity contribution is 0.0495. The summed E-state index contributed by atoms with van der Waals surface area (Å²) in [5.41, 5.74) is 0.149. The number of carboxylic acids is 1. The van der Waals surface area contributed by atoms with Gasteiger partial charge >= 0.3 is 18.0 Å². The molecule has 1 amide bonds. The highest BCUT2D eigenvalue weighted by molar-refractivity contribution is 6.30. The molecule has 8 nitrogen and oxygen atoms in total. The van der Waals surface area contributed by atoms with Crippen LogP contribution < -0.4 is 5.32 Å². The van der Waals surface area contributed by atoms with E-state index in [0.29, 0.717) is 5.02 Å². The van der Waals surface area contributed by atoms with E-state index in [9.17, 15) is 9.59 Å². The molecule has 0 saturated carbocycles. The Morgan fingerprint density at radius 3 is 2.44 bits per heavy atom. The van der Waals surface area contributed by atoms with Crippen LogP contribution >= 0.6 is 11.6 Å². The SMILES string of the molecule is CC(C)(C)OC(=O)NC(Cc1ccc(Cl)cc1)c1nnc(C(=O)O)o1. The van der Waals surface area contributed by atoms with Gasteiger partial charge < -0.3 is 19.6 Å². The molecule has 0 spiro atoms. The Morgan fingerprint density at radius 2 is 1.92 bits per heavy atom. The van der Waals surface area contributed by atoms with Crippen molar-refractivity contribution in [1.29, 1.82) is 0 Å². The van der Waals surface area contributed by atoms with Crippen molar-refractivity contribution in [1.82, 2.24) is 15.5 Å². The Labute approximate surface area is 149 Å². The smallest absolute Gasteiger partial charge is 0.408 e. The number of hydrogen-bond acceptors (Lipinski definition) is 6. The quantitative estimate of drug-likeness (QED) is 0.833. The fourth-order valence-electron chi connectivity index (χ4n) is 1.97. The van der Waals surface area contributed by atoms with Gasteiger partial charge in [-0.3, -0.25) is 0 Å². The molecule has 25 heavy (non-hydrogen) atoms. The zero-order valence-electron chi connectivity index (χ0n) is 13.9. The summed E-state index contributed by atoms with van der Waals surface area (Å²) in [5, 5.41) is 19.3. The van der Waals surface area contributed by atoms with Gasteiger partial charge in [0.1, 0.15) is 11.6 Å². The van der Waals surface area contributed by atoms with Crippen molar-refractivity contribution in [2.24, 2.45) is 0 Å². The second kappa shape index (κ2) is 7.52. The molecule has 9 heteroatoms. The first-order chi connectivity index (χ1) is 11.6. The number of nitrogens with zero attached hydrogens (tertiary/aromatic N) is 2. The third-order valence-corrected chi connectivity index (χ3v) is 3.22. The van der Waals surface area contributed by atoms with Crippen molar-refractivity contribution < 1.29 is 23.8 Å². The maximum atomic E-state index is 12.1. The summed E-state index contributed by atoms with van der Waals surface area (Å²) in [7, 11) is 0. The molecule has 1 aromatic carbocycles. The van der Waals surface area contributed by atoms with Crippen molar-refractivity contribution in [2.75, 3.05) is 0 Å². The van der Waals surface area contributed by atoms with Crippen LogP contribution in [-0.4, -0.2) is 33.0 Å². The van der Waals surface area contributed by atoms with E-state index in [1.165, 1.54) is 0 Å². The number of hydrogen-bond donors (Lipinski definition) is 2.